The van der Waals surface area contributed by atoms with Crippen LogP contribution in [0.4, 0.5) is 0 Å². The molecule has 0 spiro atoms. The number of fused-ring (bicyclic) bond motifs is 1. The minimum absolute atomic E-state index is 0.0549. The first-order valence-electron chi connectivity index (χ1n) is 12.8. The normalized spacial score (nSPS) is 20.1. The number of hydrogen-bond acceptors (Lipinski definition) is 5. The molecule has 1 fully saturated rings. The molecule has 2 atom stereocenters. The number of hydrogen-bond donors (Lipinski definition) is 1. The summed E-state index contributed by atoms with van der Waals surface area (Å²) in [5.74, 6) is -0.0628. The highest BCUT2D eigenvalue weighted by atomic mass is 16.5. The second-order valence-electron chi connectivity index (χ2n) is 9.64. The summed E-state index contributed by atoms with van der Waals surface area (Å²) in [6.45, 7) is 4.91. The van der Waals surface area contributed by atoms with Gasteiger partial charge in [-0.05, 0) is 60.4 Å². The molecule has 2 aliphatic rings. The summed E-state index contributed by atoms with van der Waals surface area (Å²) in [7, 11) is 0. The van der Waals surface area contributed by atoms with Crippen LogP contribution >= 0.6 is 0 Å². The van der Waals surface area contributed by atoms with Crippen molar-refractivity contribution in [2.75, 3.05) is 6.61 Å². The third kappa shape index (κ3) is 4.96. The van der Waals surface area contributed by atoms with Gasteiger partial charge in [-0.3, -0.25) is 9.59 Å². The number of aliphatic hydroxyl groups excluding tert-OH is 1. The monoisotopic (exact) mass is 497 g/mol. The van der Waals surface area contributed by atoms with Crippen LogP contribution in [0.25, 0.3) is 5.76 Å². The lowest BCUT2D eigenvalue weighted by Gasteiger charge is -2.26. The van der Waals surface area contributed by atoms with E-state index in [0.29, 0.717) is 23.5 Å². The number of aliphatic hydroxyl groups is 1. The number of likely N-dealkylation sites (tertiary alicyclic amines) is 1. The highest BCUT2D eigenvalue weighted by Gasteiger charge is 2.46. The van der Waals surface area contributed by atoms with Crippen molar-refractivity contribution in [2.45, 2.75) is 51.8 Å². The first-order valence-corrected chi connectivity index (χ1v) is 12.8. The second kappa shape index (κ2) is 10.5. The Morgan fingerprint density at radius 1 is 1.05 bits per heavy atom. The molecule has 0 bridgehead atoms. The number of nitrogens with zero attached hydrogens (tertiary/aromatic N) is 1. The molecule has 0 radical (unpaired) electrons. The molecular weight excluding hydrogens is 466 g/mol. The molecule has 2 heterocycles. The Morgan fingerprint density at radius 3 is 2.65 bits per heavy atom. The van der Waals surface area contributed by atoms with Gasteiger partial charge in [0.25, 0.3) is 11.7 Å². The average Bonchev–Trinajstić information content (AvgIpc) is 3.40. The van der Waals surface area contributed by atoms with E-state index in [4.69, 9.17) is 9.47 Å². The Balaban J connectivity index is 1.59. The predicted molar refractivity (Wildman–Crippen MR) is 141 cm³/mol. The Labute approximate surface area is 217 Å². The van der Waals surface area contributed by atoms with Crippen LogP contribution in [0.1, 0.15) is 55.0 Å². The topological polar surface area (TPSA) is 76.1 Å². The number of ether oxygens (including phenoxy) is 2. The molecule has 0 aliphatic carbocycles. The Kier molecular flexibility index (Phi) is 6.99. The van der Waals surface area contributed by atoms with Gasteiger partial charge in [0.1, 0.15) is 23.4 Å². The van der Waals surface area contributed by atoms with Crippen molar-refractivity contribution in [1.82, 2.24) is 4.90 Å². The Morgan fingerprint density at radius 2 is 1.86 bits per heavy atom. The van der Waals surface area contributed by atoms with Gasteiger partial charge in [0, 0.05) is 18.5 Å². The number of carbonyl (C=O) groups excluding carboxylic acids is 2. The quantitative estimate of drug-likeness (QED) is 0.184. The molecule has 5 rings (SSSR count). The lowest BCUT2D eigenvalue weighted by Crippen LogP contribution is -2.29. The van der Waals surface area contributed by atoms with Crippen molar-refractivity contribution in [3.63, 3.8) is 0 Å². The Hall–Kier alpha value is -4.06. The number of carbonyl (C=O) groups is 2. The molecule has 1 amide bonds. The van der Waals surface area contributed by atoms with E-state index in [9.17, 15) is 14.7 Å². The number of amides is 1. The van der Waals surface area contributed by atoms with Crippen molar-refractivity contribution < 1.29 is 24.2 Å². The Bertz CT molecular complexity index is 1350. The van der Waals surface area contributed by atoms with E-state index < -0.39 is 17.7 Å². The van der Waals surface area contributed by atoms with Gasteiger partial charge in [0.05, 0.1) is 18.2 Å². The molecule has 190 valence electrons. The van der Waals surface area contributed by atoms with E-state index in [1.54, 1.807) is 6.07 Å². The smallest absolute Gasteiger partial charge is 0.295 e. The molecule has 37 heavy (non-hydrogen) atoms. The van der Waals surface area contributed by atoms with Gasteiger partial charge in [0.15, 0.2) is 0 Å². The van der Waals surface area contributed by atoms with Gasteiger partial charge in [-0.25, -0.2) is 0 Å². The average molecular weight is 498 g/mol. The number of rotatable bonds is 8. The summed E-state index contributed by atoms with van der Waals surface area (Å²) in [4.78, 5) is 28.3. The molecule has 1 saturated heterocycles. The van der Waals surface area contributed by atoms with Crippen LogP contribution in [-0.2, 0) is 22.6 Å². The number of Topliss-reactive ketones (excluding diaryl/α,β-unsaturated/α-hetero) is 1. The van der Waals surface area contributed by atoms with Crippen LogP contribution < -0.4 is 9.47 Å². The van der Waals surface area contributed by atoms with Crippen molar-refractivity contribution >= 4 is 17.4 Å². The SMILES string of the molecule is CCCCOc1cccc([C@H]2/C(=C(\O)c3ccc4c(c3)C[C@H](C)O4)C(=O)C(=O)N2Cc2ccccc2)c1. The minimum atomic E-state index is -0.752. The molecule has 0 saturated carbocycles. The maximum absolute atomic E-state index is 13.4. The van der Waals surface area contributed by atoms with Gasteiger partial charge in [-0.15, -0.1) is 0 Å². The molecular formula is C31H31NO5. The first kappa shape index (κ1) is 24.6. The number of unbranched alkanes of at least 4 members (excludes halogenated alkanes) is 1. The molecule has 3 aromatic carbocycles. The van der Waals surface area contributed by atoms with Gasteiger partial charge in [-0.1, -0.05) is 55.8 Å². The van der Waals surface area contributed by atoms with E-state index in [-0.39, 0.29) is 24.0 Å². The van der Waals surface area contributed by atoms with Crippen molar-refractivity contribution in [1.29, 1.82) is 0 Å². The summed E-state index contributed by atoms with van der Waals surface area (Å²) in [6.07, 6.45) is 2.72. The predicted octanol–water partition coefficient (Wildman–Crippen LogP) is 5.81. The summed E-state index contributed by atoms with van der Waals surface area (Å²) >= 11 is 0. The number of ketones is 1. The van der Waals surface area contributed by atoms with Crippen molar-refractivity contribution in [3.8, 4) is 11.5 Å². The lowest BCUT2D eigenvalue weighted by atomic mass is 9.94. The third-order valence-corrected chi connectivity index (χ3v) is 6.85. The van der Waals surface area contributed by atoms with Gasteiger partial charge in [0.2, 0.25) is 0 Å². The zero-order valence-electron chi connectivity index (χ0n) is 21.1. The third-order valence-electron chi connectivity index (χ3n) is 6.85. The van der Waals surface area contributed by atoms with E-state index in [0.717, 1.165) is 36.1 Å². The minimum Gasteiger partial charge on any atom is -0.507 e. The van der Waals surface area contributed by atoms with E-state index in [2.05, 4.69) is 6.92 Å². The highest BCUT2D eigenvalue weighted by Crippen LogP contribution is 2.42. The maximum Gasteiger partial charge on any atom is 0.295 e. The van der Waals surface area contributed by atoms with Crippen molar-refractivity contribution in [2.24, 2.45) is 0 Å². The van der Waals surface area contributed by atoms with Crippen LogP contribution in [0.3, 0.4) is 0 Å². The summed E-state index contributed by atoms with van der Waals surface area (Å²) in [6, 6.07) is 21.6. The van der Waals surface area contributed by atoms with Gasteiger partial charge in [-0.2, -0.15) is 0 Å². The zero-order chi connectivity index (χ0) is 25.9. The first-order chi connectivity index (χ1) is 18.0. The van der Waals surface area contributed by atoms with E-state index >= 15 is 0 Å². The molecule has 0 unspecified atom stereocenters. The van der Waals surface area contributed by atoms with Crippen LogP contribution in [0.2, 0.25) is 0 Å². The van der Waals surface area contributed by atoms with Crippen LogP contribution in [0.15, 0.2) is 78.4 Å². The van der Waals surface area contributed by atoms with Crippen LogP contribution in [0, 0.1) is 0 Å². The van der Waals surface area contributed by atoms with Gasteiger partial charge >= 0.3 is 0 Å². The van der Waals surface area contributed by atoms with Crippen LogP contribution in [0.5, 0.6) is 11.5 Å². The largest absolute Gasteiger partial charge is 0.507 e. The molecule has 3 aromatic rings. The molecule has 2 aliphatic heterocycles. The molecule has 6 nitrogen and oxygen atoms in total. The molecule has 6 heteroatoms. The standard InChI is InChI=1S/C31H31NO5/c1-3-4-15-36-25-12-8-11-22(18-25)28-27(29(33)23-13-14-26-24(17-23)16-20(2)37-26)30(34)31(35)32(28)19-21-9-6-5-7-10-21/h5-14,17-18,20,28,33H,3-4,15-16,19H2,1-2H3/b29-27+/t20-,28-/m0/s1. The fraction of sp³-hybridized carbons (Fsp3) is 0.290. The summed E-state index contributed by atoms with van der Waals surface area (Å²) in [5, 5.41) is 11.5. The fourth-order valence-electron chi connectivity index (χ4n) is 5.00. The van der Waals surface area contributed by atoms with E-state index in [1.807, 2.05) is 73.7 Å². The summed E-state index contributed by atoms with van der Waals surface area (Å²) < 4.78 is 11.7. The molecule has 0 aromatic heterocycles. The second-order valence-corrected chi connectivity index (χ2v) is 9.64. The van der Waals surface area contributed by atoms with Crippen molar-refractivity contribution in [3.05, 3.63) is 101 Å². The number of benzene rings is 3. The van der Waals surface area contributed by atoms with Gasteiger partial charge < -0.3 is 19.5 Å². The summed E-state index contributed by atoms with van der Waals surface area (Å²) in [5.41, 5.74) is 3.16. The lowest BCUT2D eigenvalue weighted by molar-refractivity contribution is -0.140. The maximum atomic E-state index is 13.4. The van der Waals surface area contributed by atoms with E-state index in [1.165, 1.54) is 4.90 Å². The highest BCUT2D eigenvalue weighted by molar-refractivity contribution is 6.46. The molecule has 1 N–H and O–H groups in total. The van der Waals surface area contributed by atoms with Crippen LogP contribution in [-0.4, -0.2) is 34.4 Å². The fourth-order valence-corrected chi connectivity index (χ4v) is 5.00. The zero-order valence-corrected chi connectivity index (χ0v) is 21.1.